The number of anilines is 4. The second-order valence-electron chi connectivity index (χ2n) is 5.78. The molecule has 0 saturated heterocycles. The molecular weight excluding hydrogens is 344 g/mol. The minimum absolute atomic E-state index is 0.421. The van der Waals surface area contributed by atoms with Crippen LogP contribution >= 0.6 is 0 Å². The molecular formula is C20H20N4O3. The largest absolute Gasteiger partial charge is 0.495 e. The van der Waals surface area contributed by atoms with Crippen molar-refractivity contribution in [1.29, 1.82) is 0 Å². The van der Waals surface area contributed by atoms with Gasteiger partial charge in [-0.3, -0.25) is 0 Å². The Morgan fingerprint density at radius 3 is 2.33 bits per heavy atom. The van der Waals surface area contributed by atoms with Crippen LogP contribution in [0.3, 0.4) is 0 Å². The lowest BCUT2D eigenvalue weighted by Gasteiger charge is -2.13. The fourth-order valence-corrected chi connectivity index (χ4v) is 2.57. The number of carbonyl (C=O) groups excluding carboxylic acids is 1. The summed E-state index contributed by atoms with van der Waals surface area (Å²) in [4.78, 5) is 20.4. The van der Waals surface area contributed by atoms with Crippen LogP contribution in [0.5, 0.6) is 5.75 Å². The third kappa shape index (κ3) is 4.33. The topological polar surface area (TPSA) is 85.4 Å². The predicted molar refractivity (Wildman–Crippen MR) is 104 cm³/mol. The van der Waals surface area contributed by atoms with Gasteiger partial charge in [0.2, 0.25) is 0 Å². The average molecular weight is 364 g/mol. The van der Waals surface area contributed by atoms with E-state index in [-0.39, 0.29) is 0 Å². The molecule has 1 aromatic heterocycles. The van der Waals surface area contributed by atoms with Crippen molar-refractivity contribution in [1.82, 2.24) is 9.97 Å². The van der Waals surface area contributed by atoms with Gasteiger partial charge >= 0.3 is 5.97 Å². The summed E-state index contributed by atoms with van der Waals surface area (Å²) in [6.45, 7) is 2.00. The molecule has 7 heteroatoms. The highest BCUT2D eigenvalue weighted by molar-refractivity contribution is 5.96. The molecule has 0 unspecified atom stereocenters. The van der Waals surface area contributed by atoms with E-state index in [4.69, 9.17) is 9.47 Å². The van der Waals surface area contributed by atoms with Gasteiger partial charge < -0.3 is 20.1 Å². The Labute approximate surface area is 157 Å². The Hall–Kier alpha value is -3.61. The van der Waals surface area contributed by atoms with Crippen LogP contribution in [-0.2, 0) is 4.74 Å². The molecule has 0 bridgehead atoms. The number of aromatic nitrogens is 2. The molecule has 0 radical (unpaired) electrons. The molecule has 27 heavy (non-hydrogen) atoms. The van der Waals surface area contributed by atoms with Crippen LogP contribution in [0, 0.1) is 6.92 Å². The lowest BCUT2D eigenvalue weighted by Crippen LogP contribution is -2.06. The van der Waals surface area contributed by atoms with Crippen molar-refractivity contribution in [2.24, 2.45) is 0 Å². The van der Waals surface area contributed by atoms with E-state index in [9.17, 15) is 4.79 Å². The van der Waals surface area contributed by atoms with Gasteiger partial charge in [-0.1, -0.05) is 18.2 Å². The van der Waals surface area contributed by atoms with Crippen LogP contribution in [0.4, 0.5) is 23.0 Å². The number of methoxy groups -OCH3 is 2. The van der Waals surface area contributed by atoms with Crippen molar-refractivity contribution >= 4 is 29.0 Å². The summed E-state index contributed by atoms with van der Waals surface area (Å²) in [5.74, 6) is 1.42. The molecule has 138 valence electrons. The quantitative estimate of drug-likeness (QED) is 0.638. The zero-order valence-electron chi connectivity index (χ0n) is 15.3. The number of rotatable bonds is 6. The molecule has 2 aromatic carbocycles. The van der Waals surface area contributed by atoms with Crippen LogP contribution in [0.15, 0.2) is 54.9 Å². The number of para-hydroxylation sites is 1. The second-order valence-corrected chi connectivity index (χ2v) is 5.78. The Morgan fingerprint density at radius 2 is 1.63 bits per heavy atom. The maximum Gasteiger partial charge on any atom is 0.339 e. The van der Waals surface area contributed by atoms with Crippen molar-refractivity contribution in [3.05, 3.63) is 66.0 Å². The number of nitrogens with one attached hydrogen (secondary N) is 2. The van der Waals surface area contributed by atoms with Crippen LogP contribution in [0.1, 0.15) is 15.9 Å². The lowest BCUT2D eigenvalue weighted by molar-refractivity contribution is 0.0602. The molecule has 3 rings (SSSR count). The normalized spacial score (nSPS) is 10.2. The van der Waals surface area contributed by atoms with E-state index in [2.05, 4.69) is 20.6 Å². The van der Waals surface area contributed by atoms with Gasteiger partial charge in [0.05, 0.1) is 31.2 Å². The summed E-state index contributed by atoms with van der Waals surface area (Å²) >= 11 is 0. The number of esters is 1. The fourth-order valence-electron chi connectivity index (χ4n) is 2.57. The number of carbonyl (C=O) groups is 1. The van der Waals surface area contributed by atoms with Gasteiger partial charge in [-0.25, -0.2) is 14.8 Å². The number of ether oxygens (including phenoxy) is 2. The van der Waals surface area contributed by atoms with Crippen molar-refractivity contribution in [2.75, 3.05) is 24.9 Å². The Balaban J connectivity index is 1.85. The summed E-state index contributed by atoms with van der Waals surface area (Å²) in [6, 6.07) is 14.7. The maximum atomic E-state index is 11.9. The molecule has 0 spiro atoms. The third-order valence-electron chi connectivity index (χ3n) is 3.88. The summed E-state index contributed by atoms with van der Waals surface area (Å²) in [5, 5.41) is 6.36. The van der Waals surface area contributed by atoms with Crippen molar-refractivity contribution in [3.63, 3.8) is 0 Å². The van der Waals surface area contributed by atoms with E-state index in [1.807, 2.05) is 31.2 Å². The molecule has 0 aliphatic heterocycles. The summed E-state index contributed by atoms with van der Waals surface area (Å²) in [6.07, 6.45) is 1.44. The van der Waals surface area contributed by atoms with Crippen LogP contribution in [-0.4, -0.2) is 30.2 Å². The number of aryl methyl sites for hydroxylation is 1. The standard InChI is InChI=1S/C20H20N4O3/c1-13-8-9-17(26-2)16(10-13)24-19-11-18(21-12-22-19)23-15-7-5-4-6-14(15)20(25)27-3/h4-12H,1-3H3,(H2,21,22,23,24). The molecule has 2 N–H and O–H groups in total. The fraction of sp³-hybridized carbons (Fsp3) is 0.150. The molecule has 3 aromatic rings. The first-order chi connectivity index (χ1) is 13.1. The molecule has 0 saturated carbocycles. The Bertz CT molecular complexity index is 959. The monoisotopic (exact) mass is 364 g/mol. The van der Waals surface area contributed by atoms with Gasteiger partial charge in [0, 0.05) is 6.07 Å². The molecule has 0 amide bonds. The summed E-state index contributed by atoms with van der Waals surface area (Å²) < 4.78 is 10.2. The van der Waals surface area contributed by atoms with Crippen molar-refractivity contribution < 1.29 is 14.3 Å². The second kappa shape index (κ2) is 8.18. The molecule has 0 aliphatic carbocycles. The Kier molecular flexibility index (Phi) is 5.51. The maximum absolute atomic E-state index is 11.9. The first-order valence-electron chi connectivity index (χ1n) is 8.29. The number of benzene rings is 2. The van der Waals surface area contributed by atoms with Gasteiger partial charge in [0.15, 0.2) is 0 Å². The average Bonchev–Trinajstić information content (AvgIpc) is 2.68. The lowest BCUT2D eigenvalue weighted by atomic mass is 10.2. The highest BCUT2D eigenvalue weighted by Gasteiger charge is 2.12. The van der Waals surface area contributed by atoms with Crippen molar-refractivity contribution in [3.8, 4) is 5.75 Å². The van der Waals surface area contributed by atoms with Gasteiger partial charge in [0.1, 0.15) is 23.7 Å². The highest BCUT2D eigenvalue weighted by atomic mass is 16.5. The molecule has 0 fully saturated rings. The summed E-state index contributed by atoms with van der Waals surface area (Å²) in [7, 11) is 2.97. The zero-order valence-corrected chi connectivity index (χ0v) is 15.3. The van der Waals surface area contributed by atoms with Gasteiger partial charge in [-0.15, -0.1) is 0 Å². The molecule has 7 nitrogen and oxygen atoms in total. The molecule has 0 atom stereocenters. The number of nitrogens with zero attached hydrogens (tertiary/aromatic N) is 2. The van der Waals surface area contributed by atoms with Crippen LogP contribution < -0.4 is 15.4 Å². The molecule has 1 heterocycles. The summed E-state index contributed by atoms with van der Waals surface area (Å²) in [5.41, 5.74) is 2.92. The molecule has 0 aliphatic rings. The van der Waals surface area contributed by atoms with E-state index in [0.717, 1.165) is 11.3 Å². The first kappa shape index (κ1) is 18.2. The highest BCUT2D eigenvalue weighted by Crippen LogP contribution is 2.29. The van der Waals surface area contributed by atoms with Crippen LogP contribution in [0.2, 0.25) is 0 Å². The smallest absolute Gasteiger partial charge is 0.339 e. The minimum atomic E-state index is -0.421. The van der Waals surface area contributed by atoms with Gasteiger partial charge in [-0.2, -0.15) is 0 Å². The predicted octanol–water partition coefficient (Wildman–Crippen LogP) is 4.07. The zero-order chi connectivity index (χ0) is 19.2. The number of hydrogen-bond acceptors (Lipinski definition) is 7. The van der Waals surface area contributed by atoms with E-state index in [1.165, 1.54) is 13.4 Å². The Morgan fingerprint density at radius 1 is 0.926 bits per heavy atom. The number of hydrogen-bond donors (Lipinski definition) is 2. The SMILES string of the molecule is COC(=O)c1ccccc1Nc1cc(Nc2cc(C)ccc2OC)ncn1. The minimum Gasteiger partial charge on any atom is -0.495 e. The van der Waals surface area contributed by atoms with Crippen molar-refractivity contribution in [2.45, 2.75) is 6.92 Å². The van der Waals surface area contributed by atoms with E-state index < -0.39 is 5.97 Å². The van der Waals surface area contributed by atoms with E-state index >= 15 is 0 Å². The van der Waals surface area contributed by atoms with Gasteiger partial charge in [-0.05, 0) is 36.8 Å². The first-order valence-corrected chi connectivity index (χ1v) is 8.29. The third-order valence-corrected chi connectivity index (χ3v) is 3.88. The van der Waals surface area contributed by atoms with Gasteiger partial charge in [0.25, 0.3) is 0 Å². The van der Waals surface area contributed by atoms with E-state index in [0.29, 0.717) is 28.6 Å². The van der Waals surface area contributed by atoms with E-state index in [1.54, 1.807) is 31.4 Å². The van der Waals surface area contributed by atoms with Crippen LogP contribution in [0.25, 0.3) is 0 Å².